The van der Waals surface area contributed by atoms with Crippen LogP contribution in [0.1, 0.15) is 41.8 Å². The van der Waals surface area contributed by atoms with E-state index in [0.717, 1.165) is 53.7 Å². The predicted molar refractivity (Wildman–Crippen MR) is 108 cm³/mol. The first-order chi connectivity index (χ1) is 13.6. The molecule has 2 aromatic heterocycles. The molecule has 6 nitrogen and oxygen atoms in total. The standard InChI is InChI=1S/C22H27N3O3/c1-15-7-9-25(10-8-15)14-19-4-6-21(28-19)22(26)23-13-17-11-16-12-18(27-2)3-5-20(16)24-17/h3-6,11-12,15,24H,7-10,13-14H2,1-2H3,(H,23,26). The fourth-order valence-corrected chi connectivity index (χ4v) is 3.68. The number of amides is 1. The number of nitrogens with one attached hydrogen (secondary N) is 2. The highest BCUT2D eigenvalue weighted by atomic mass is 16.5. The Bertz CT molecular complexity index is 951. The minimum absolute atomic E-state index is 0.199. The van der Waals surface area contributed by atoms with Crippen molar-refractivity contribution in [2.45, 2.75) is 32.9 Å². The third kappa shape index (κ3) is 4.22. The monoisotopic (exact) mass is 381 g/mol. The largest absolute Gasteiger partial charge is 0.497 e. The number of carbonyl (C=O) groups excluding carboxylic acids is 1. The summed E-state index contributed by atoms with van der Waals surface area (Å²) in [5, 5.41) is 3.97. The van der Waals surface area contributed by atoms with E-state index < -0.39 is 0 Å². The van der Waals surface area contributed by atoms with Crippen LogP contribution in [0.15, 0.2) is 40.8 Å². The molecule has 3 heterocycles. The van der Waals surface area contributed by atoms with Crippen molar-refractivity contribution in [1.82, 2.24) is 15.2 Å². The maximum atomic E-state index is 12.4. The second-order valence-corrected chi connectivity index (χ2v) is 7.66. The highest BCUT2D eigenvalue weighted by Crippen LogP contribution is 2.22. The first-order valence-electron chi connectivity index (χ1n) is 9.85. The molecule has 0 aliphatic carbocycles. The molecule has 0 radical (unpaired) electrons. The number of fused-ring (bicyclic) bond motifs is 1. The maximum absolute atomic E-state index is 12.4. The van der Waals surface area contributed by atoms with Crippen LogP contribution in [-0.4, -0.2) is 36.0 Å². The van der Waals surface area contributed by atoms with Gasteiger partial charge in [0.1, 0.15) is 11.5 Å². The highest BCUT2D eigenvalue weighted by molar-refractivity contribution is 5.91. The van der Waals surface area contributed by atoms with Crippen molar-refractivity contribution >= 4 is 16.8 Å². The summed E-state index contributed by atoms with van der Waals surface area (Å²) in [4.78, 5) is 18.1. The summed E-state index contributed by atoms with van der Waals surface area (Å²) in [6.45, 7) is 5.67. The zero-order chi connectivity index (χ0) is 19.5. The lowest BCUT2D eigenvalue weighted by molar-refractivity contribution is 0.0917. The number of hydrogen-bond donors (Lipinski definition) is 2. The van der Waals surface area contributed by atoms with Crippen molar-refractivity contribution in [3.8, 4) is 5.75 Å². The number of benzene rings is 1. The highest BCUT2D eigenvalue weighted by Gasteiger charge is 2.18. The molecule has 0 atom stereocenters. The second-order valence-electron chi connectivity index (χ2n) is 7.66. The minimum atomic E-state index is -0.199. The predicted octanol–water partition coefficient (Wildman–Crippen LogP) is 3.93. The maximum Gasteiger partial charge on any atom is 0.287 e. The van der Waals surface area contributed by atoms with Gasteiger partial charge >= 0.3 is 0 Å². The number of carbonyl (C=O) groups is 1. The van der Waals surface area contributed by atoms with Crippen molar-refractivity contribution in [1.29, 1.82) is 0 Å². The van der Waals surface area contributed by atoms with Gasteiger partial charge in [0.05, 0.1) is 20.2 Å². The molecule has 1 fully saturated rings. The van der Waals surface area contributed by atoms with Gasteiger partial charge in [0, 0.05) is 16.6 Å². The quantitative estimate of drug-likeness (QED) is 0.679. The second kappa shape index (κ2) is 8.10. The molecule has 0 bridgehead atoms. The average Bonchev–Trinajstić information content (AvgIpc) is 3.34. The molecule has 4 rings (SSSR count). The molecular formula is C22H27N3O3. The Kier molecular flexibility index (Phi) is 5.39. The average molecular weight is 381 g/mol. The van der Waals surface area contributed by atoms with E-state index in [9.17, 15) is 4.79 Å². The Labute approximate surface area is 164 Å². The zero-order valence-corrected chi connectivity index (χ0v) is 16.5. The fourth-order valence-electron chi connectivity index (χ4n) is 3.68. The third-order valence-corrected chi connectivity index (χ3v) is 5.46. The van der Waals surface area contributed by atoms with Gasteiger partial charge in [-0.2, -0.15) is 0 Å². The number of nitrogens with zero attached hydrogens (tertiary/aromatic N) is 1. The lowest BCUT2D eigenvalue weighted by atomic mass is 9.99. The molecule has 6 heteroatoms. The Balaban J connectivity index is 1.33. The number of H-pyrrole nitrogens is 1. The fraction of sp³-hybridized carbons (Fsp3) is 0.409. The topological polar surface area (TPSA) is 70.5 Å². The first-order valence-corrected chi connectivity index (χ1v) is 9.85. The van der Waals surface area contributed by atoms with Crippen LogP contribution in [0.3, 0.4) is 0 Å². The van der Waals surface area contributed by atoms with Crippen molar-refractivity contribution in [3.63, 3.8) is 0 Å². The van der Waals surface area contributed by atoms with Gasteiger partial charge in [-0.15, -0.1) is 0 Å². The van der Waals surface area contributed by atoms with Crippen molar-refractivity contribution < 1.29 is 13.9 Å². The van der Waals surface area contributed by atoms with Gasteiger partial charge in [-0.05, 0) is 68.2 Å². The third-order valence-electron chi connectivity index (χ3n) is 5.46. The number of methoxy groups -OCH3 is 1. The summed E-state index contributed by atoms with van der Waals surface area (Å²) in [5.41, 5.74) is 1.95. The minimum Gasteiger partial charge on any atom is -0.497 e. The van der Waals surface area contributed by atoms with Crippen LogP contribution >= 0.6 is 0 Å². The van der Waals surface area contributed by atoms with E-state index in [0.29, 0.717) is 12.3 Å². The molecule has 2 N–H and O–H groups in total. The Hall–Kier alpha value is -2.73. The molecule has 28 heavy (non-hydrogen) atoms. The first kappa shape index (κ1) is 18.6. The molecule has 1 aliphatic heterocycles. The Morgan fingerprint density at radius 1 is 1.25 bits per heavy atom. The summed E-state index contributed by atoms with van der Waals surface area (Å²) in [7, 11) is 1.65. The molecule has 1 amide bonds. The van der Waals surface area contributed by atoms with Crippen molar-refractivity contribution in [2.24, 2.45) is 5.92 Å². The van der Waals surface area contributed by atoms with Crippen LogP contribution in [0.5, 0.6) is 5.75 Å². The van der Waals surface area contributed by atoms with Crippen LogP contribution in [0.2, 0.25) is 0 Å². The van der Waals surface area contributed by atoms with Crippen molar-refractivity contribution in [3.05, 3.63) is 53.6 Å². The molecule has 148 valence electrons. The van der Waals surface area contributed by atoms with Gasteiger partial charge in [0.2, 0.25) is 0 Å². The van der Waals surface area contributed by atoms with E-state index in [4.69, 9.17) is 9.15 Å². The summed E-state index contributed by atoms with van der Waals surface area (Å²) < 4.78 is 11.0. The molecule has 0 saturated carbocycles. The number of hydrogen-bond acceptors (Lipinski definition) is 4. The Morgan fingerprint density at radius 2 is 2.07 bits per heavy atom. The van der Waals surface area contributed by atoms with Crippen LogP contribution in [0.4, 0.5) is 0 Å². The van der Waals surface area contributed by atoms with Crippen LogP contribution in [0.25, 0.3) is 10.9 Å². The lowest BCUT2D eigenvalue weighted by Gasteiger charge is -2.29. The Morgan fingerprint density at radius 3 is 2.86 bits per heavy atom. The molecule has 3 aromatic rings. The van der Waals surface area contributed by atoms with E-state index in [2.05, 4.69) is 22.1 Å². The SMILES string of the molecule is COc1ccc2[nH]c(CNC(=O)c3ccc(CN4CCC(C)CC4)o3)cc2c1. The van der Waals surface area contributed by atoms with Crippen LogP contribution in [-0.2, 0) is 13.1 Å². The summed E-state index contributed by atoms with van der Waals surface area (Å²) in [6.07, 6.45) is 2.45. The number of rotatable bonds is 6. The molecule has 0 spiro atoms. The molecule has 1 saturated heterocycles. The van der Waals surface area contributed by atoms with E-state index >= 15 is 0 Å². The summed E-state index contributed by atoms with van der Waals surface area (Å²) in [6, 6.07) is 11.5. The van der Waals surface area contributed by atoms with E-state index in [1.54, 1.807) is 13.2 Å². The van der Waals surface area contributed by atoms with Gasteiger partial charge in [-0.25, -0.2) is 0 Å². The molecule has 1 aromatic carbocycles. The van der Waals surface area contributed by atoms with Crippen LogP contribution < -0.4 is 10.1 Å². The lowest BCUT2D eigenvalue weighted by Crippen LogP contribution is -2.32. The smallest absolute Gasteiger partial charge is 0.287 e. The summed E-state index contributed by atoms with van der Waals surface area (Å²) in [5.74, 6) is 2.62. The molecular weight excluding hydrogens is 354 g/mol. The zero-order valence-electron chi connectivity index (χ0n) is 16.5. The molecule has 0 unspecified atom stereocenters. The number of aromatic amines is 1. The van der Waals surface area contributed by atoms with E-state index in [1.807, 2.05) is 30.3 Å². The van der Waals surface area contributed by atoms with Crippen LogP contribution in [0, 0.1) is 5.92 Å². The number of ether oxygens (including phenoxy) is 1. The summed E-state index contributed by atoms with van der Waals surface area (Å²) >= 11 is 0. The molecule has 1 aliphatic rings. The number of furan rings is 1. The normalized spacial score (nSPS) is 15.8. The van der Waals surface area contributed by atoms with Gasteiger partial charge in [-0.1, -0.05) is 6.92 Å². The van der Waals surface area contributed by atoms with Gasteiger partial charge in [0.25, 0.3) is 5.91 Å². The van der Waals surface area contributed by atoms with Gasteiger partial charge < -0.3 is 19.5 Å². The number of piperidine rings is 1. The van der Waals surface area contributed by atoms with E-state index in [-0.39, 0.29) is 5.91 Å². The van der Waals surface area contributed by atoms with Gasteiger partial charge in [0.15, 0.2) is 5.76 Å². The van der Waals surface area contributed by atoms with Crippen molar-refractivity contribution in [2.75, 3.05) is 20.2 Å². The van der Waals surface area contributed by atoms with E-state index in [1.165, 1.54) is 12.8 Å². The van der Waals surface area contributed by atoms with Gasteiger partial charge in [-0.3, -0.25) is 9.69 Å². The number of aromatic nitrogens is 1. The number of likely N-dealkylation sites (tertiary alicyclic amines) is 1.